The van der Waals surface area contributed by atoms with Crippen molar-refractivity contribution in [3.05, 3.63) is 52.6 Å². The van der Waals surface area contributed by atoms with E-state index in [1.807, 2.05) is 38.5 Å². The van der Waals surface area contributed by atoms with Crippen LogP contribution in [0.15, 0.2) is 24.3 Å². The number of carbonyl (C=O) groups excluding carboxylic acids is 1. The van der Waals surface area contributed by atoms with Crippen LogP contribution in [0.1, 0.15) is 27.3 Å². The molecule has 0 amide bonds. The monoisotopic (exact) mass is 275 g/mol. The van der Waals surface area contributed by atoms with Crippen LogP contribution in [0.2, 0.25) is 0 Å². The third-order valence-corrected chi connectivity index (χ3v) is 3.58. The number of rotatable bonds is 4. The Kier molecular flexibility index (Phi) is 3.93. The van der Waals surface area contributed by atoms with Gasteiger partial charge in [-0.1, -0.05) is 6.07 Å². The quantitative estimate of drug-likeness (QED) is 0.801. The van der Waals surface area contributed by atoms with E-state index >= 15 is 0 Å². The van der Waals surface area contributed by atoms with Gasteiger partial charge in [-0.15, -0.1) is 0 Å². The summed E-state index contributed by atoms with van der Waals surface area (Å²) < 4.78 is 20.5. The molecule has 1 aromatic heterocycles. The molecule has 4 heteroatoms. The number of halogens is 1. The molecule has 0 bridgehead atoms. The van der Waals surface area contributed by atoms with Gasteiger partial charge in [0.15, 0.2) is 6.61 Å². The van der Waals surface area contributed by atoms with E-state index in [1.54, 1.807) is 6.07 Å². The zero-order valence-electron chi connectivity index (χ0n) is 12.2. The topological polar surface area (TPSA) is 31.2 Å². The van der Waals surface area contributed by atoms with Crippen LogP contribution in [0, 0.1) is 26.6 Å². The SMILES string of the molecule is Cc1ccc(F)cc1OCC(=O)c1cc(C)n(C)c1C. The lowest BCUT2D eigenvalue weighted by atomic mass is 10.1. The Balaban J connectivity index is 2.12. The Morgan fingerprint density at radius 1 is 1.25 bits per heavy atom. The van der Waals surface area contributed by atoms with Gasteiger partial charge in [-0.25, -0.2) is 4.39 Å². The molecule has 106 valence electrons. The highest BCUT2D eigenvalue weighted by Gasteiger charge is 2.15. The molecule has 20 heavy (non-hydrogen) atoms. The summed E-state index contributed by atoms with van der Waals surface area (Å²) in [5.41, 5.74) is 3.39. The lowest BCUT2D eigenvalue weighted by Crippen LogP contribution is -2.13. The molecule has 2 aromatic rings. The van der Waals surface area contributed by atoms with Gasteiger partial charge >= 0.3 is 0 Å². The minimum atomic E-state index is -0.371. The molecule has 0 saturated heterocycles. The number of hydrogen-bond donors (Lipinski definition) is 0. The van der Waals surface area contributed by atoms with E-state index in [-0.39, 0.29) is 18.2 Å². The molecule has 0 radical (unpaired) electrons. The van der Waals surface area contributed by atoms with E-state index in [4.69, 9.17) is 4.74 Å². The van der Waals surface area contributed by atoms with Gasteiger partial charge in [0.05, 0.1) is 0 Å². The molecule has 0 unspecified atom stereocenters. The molecule has 2 rings (SSSR count). The number of Topliss-reactive ketones (excluding diaryl/α,β-unsaturated/α-hetero) is 1. The third kappa shape index (κ3) is 2.74. The van der Waals surface area contributed by atoms with Gasteiger partial charge in [-0.2, -0.15) is 0 Å². The second-order valence-electron chi connectivity index (χ2n) is 4.97. The van der Waals surface area contributed by atoms with Gasteiger partial charge in [0.25, 0.3) is 0 Å². The number of ketones is 1. The van der Waals surface area contributed by atoms with Crippen molar-refractivity contribution in [2.24, 2.45) is 7.05 Å². The minimum Gasteiger partial charge on any atom is -0.485 e. The molecule has 0 spiro atoms. The average Bonchev–Trinajstić information content (AvgIpc) is 2.67. The predicted molar refractivity (Wildman–Crippen MR) is 75.8 cm³/mol. The summed E-state index contributed by atoms with van der Waals surface area (Å²) in [6.45, 7) is 5.57. The Bertz CT molecular complexity index is 659. The fraction of sp³-hybridized carbons (Fsp3) is 0.312. The zero-order chi connectivity index (χ0) is 14.9. The fourth-order valence-corrected chi connectivity index (χ4v) is 2.09. The van der Waals surface area contributed by atoms with Gasteiger partial charge in [0.2, 0.25) is 5.78 Å². The van der Waals surface area contributed by atoms with Crippen molar-refractivity contribution in [2.75, 3.05) is 6.61 Å². The van der Waals surface area contributed by atoms with E-state index in [0.717, 1.165) is 17.0 Å². The Morgan fingerprint density at radius 3 is 2.55 bits per heavy atom. The Labute approximate surface area is 118 Å². The van der Waals surface area contributed by atoms with Crippen LogP contribution >= 0.6 is 0 Å². The maximum absolute atomic E-state index is 13.1. The summed E-state index contributed by atoms with van der Waals surface area (Å²) in [6.07, 6.45) is 0. The van der Waals surface area contributed by atoms with Crippen molar-refractivity contribution in [3.63, 3.8) is 0 Å². The zero-order valence-corrected chi connectivity index (χ0v) is 12.2. The smallest absolute Gasteiger partial charge is 0.202 e. The van der Waals surface area contributed by atoms with Crippen LogP contribution in [0.4, 0.5) is 4.39 Å². The number of aromatic nitrogens is 1. The summed E-state index contributed by atoms with van der Waals surface area (Å²) >= 11 is 0. The fourth-order valence-electron chi connectivity index (χ4n) is 2.09. The Hall–Kier alpha value is -2.10. The molecular formula is C16H18FNO2. The molecule has 0 fully saturated rings. The van der Waals surface area contributed by atoms with Crippen molar-refractivity contribution in [1.82, 2.24) is 4.57 Å². The molecule has 1 aromatic carbocycles. The van der Waals surface area contributed by atoms with Gasteiger partial charge in [0, 0.05) is 30.1 Å². The highest BCUT2D eigenvalue weighted by molar-refractivity contribution is 5.98. The van der Waals surface area contributed by atoms with Crippen molar-refractivity contribution in [2.45, 2.75) is 20.8 Å². The van der Waals surface area contributed by atoms with E-state index in [1.165, 1.54) is 12.1 Å². The number of carbonyl (C=O) groups is 1. The van der Waals surface area contributed by atoms with E-state index in [0.29, 0.717) is 11.3 Å². The van der Waals surface area contributed by atoms with E-state index in [2.05, 4.69) is 0 Å². The number of benzene rings is 1. The summed E-state index contributed by atoms with van der Waals surface area (Å²) in [6, 6.07) is 6.15. The summed E-state index contributed by atoms with van der Waals surface area (Å²) in [7, 11) is 1.92. The van der Waals surface area contributed by atoms with Crippen LogP contribution in [0.3, 0.4) is 0 Å². The second kappa shape index (κ2) is 5.49. The lowest BCUT2D eigenvalue weighted by Gasteiger charge is -2.08. The van der Waals surface area contributed by atoms with Crippen molar-refractivity contribution >= 4 is 5.78 Å². The lowest BCUT2D eigenvalue weighted by molar-refractivity contribution is 0.0920. The molecule has 0 aliphatic heterocycles. The van der Waals surface area contributed by atoms with Crippen molar-refractivity contribution in [1.29, 1.82) is 0 Å². The molecule has 3 nitrogen and oxygen atoms in total. The van der Waals surface area contributed by atoms with Gasteiger partial charge in [0.1, 0.15) is 11.6 Å². The van der Waals surface area contributed by atoms with Crippen LogP contribution in [-0.2, 0) is 7.05 Å². The summed E-state index contributed by atoms with van der Waals surface area (Å²) in [5, 5.41) is 0. The molecule has 0 N–H and O–H groups in total. The maximum Gasteiger partial charge on any atom is 0.202 e. The van der Waals surface area contributed by atoms with Crippen molar-refractivity contribution in [3.8, 4) is 5.75 Å². The first kappa shape index (κ1) is 14.3. The third-order valence-electron chi connectivity index (χ3n) is 3.58. The Morgan fingerprint density at radius 2 is 1.95 bits per heavy atom. The first-order valence-corrected chi connectivity index (χ1v) is 6.45. The standard InChI is InChI=1S/C16H18FNO2/c1-10-5-6-13(17)8-16(10)20-9-15(19)14-7-11(2)18(4)12(14)3/h5-8H,9H2,1-4H3. The van der Waals surface area contributed by atoms with Crippen LogP contribution in [-0.4, -0.2) is 17.0 Å². The molecule has 1 heterocycles. The highest BCUT2D eigenvalue weighted by atomic mass is 19.1. The number of nitrogens with zero attached hydrogens (tertiary/aromatic N) is 1. The summed E-state index contributed by atoms with van der Waals surface area (Å²) in [5.74, 6) is -0.0664. The largest absolute Gasteiger partial charge is 0.485 e. The van der Waals surface area contributed by atoms with E-state index < -0.39 is 0 Å². The minimum absolute atomic E-state index is 0.0887. The number of hydrogen-bond acceptors (Lipinski definition) is 2. The highest BCUT2D eigenvalue weighted by Crippen LogP contribution is 2.20. The second-order valence-corrected chi connectivity index (χ2v) is 4.97. The number of aryl methyl sites for hydroxylation is 2. The van der Waals surface area contributed by atoms with E-state index in [9.17, 15) is 9.18 Å². The van der Waals surface area contributed by atoms with Crippen LogP contribution in [0.5, 0.6) is 5.75 Å². The maximum atomic E-state index is 13.1. The molecule has 0 atom stereocenters. The normalized spacial score (nSPS) is 10.7. The molecular weight excluding hydrogens is 257 g/mol. The van der Waals surface area contributed by atoms with Crippen molar-refractivity contribution < 1.29 is 13.9 Å². The van der Waals surface area contributed by atoms with Gasteiger partial charge < -0.3 is 9.30 Å². The molecule has 0 aliphatic carbocycles. The molecule has 0 saturated carbocycles. The summed E-state index contributed by atoms with van der Waals surface area (Å²) in [4.78, 5) is 12.2. The predicted octanol–water partition coefficient (Wildman–Crippen LogP) is 3.35. The van der Waals surface area contributed by atoms with Crippen LogP contribution in [0.25, 0.3) is 0 Å². The average molecular weight is 275 g/mol. The van der Waals surface area contributed by atoms with Gasteiger partial charge in [-0.05, 0) is 38.5 Å². The number of ether oxygens (including phenoxy) is 1. The first-order chi connectivity index (χ1) is 9.40. The molecule has 0 aliphatic rings. The van der Waals surface area contributed by atoms with Gasteiger partial charge in [-0.3, -0.25) is 4.79 Å². The van der Waals surface area contributed by atoms with Crippen LogP contribution < -0.4 is 4.74 Å². The first-order valence-electron chi connectivity index (χ1n) is 6.45.